The SMILES string of the molecule is CC1CCN(c2cc(C#N)ccc2[N+](=O)[O-])CC1. The molecule has 0 amide bonds. The normalized spacial score (nSPS) is 16.3. The number of nitrogens with zero attached hydrogens (tertiary/aromatic N) is 3. The van der Waals surface area contributed by atoms with Crippen molar-refractivity contribution in [3.63, 3.8) is 0 Å². The molecule has 0 bridgehead atoms. The van der Waals surface area contributed by atoms with Crippen LogP contribution in [0.5, 0.6) is 0 Å². The van der Waals surface area contributed by atoms with Crippen molar-refractivity contribution < 1.29 is 4.92 Å². The van der Waals surface area contributed by atoms with Crippen LogP contribution < -0.4 is 4.90 Å². The summed E-state index contributed by atoms with van der Waals surface area (Å²) in [5.74, 6) is 0.666. The standard InChI is InChI=1S/C13H15N3O2/c1-10-4-6-15(7-5-10)13-8-11(9-14)2-3-12(13)16(17)18/h2-3,8,10H,4-7H2,1H3. The van der Waals surface area contributed by atoms with E-state index in [4.69, 9.17) is 5.26 Å². The number of nitro benzene ring substituents is 1. The number of hydrogen-bond acceptors (Lipinski definition) is 4. The summed E-state index contributed by atoms with van der Waals surface area (Å²) in [5.41, 5.74) is 1.13. The van der Waals surface area contributed by atoms with Crippen LogP contribution in [-0.4, -0.2) is 18.0 Å². The van der Waals surface area contributed by atoms with Gasteiger partial charge in [-0.25, -0.2) is 0 Å². The van der Waals surface area contributed by atoms with E-state index in [0.717, 1.165) is 25.9 Å². The van der Waals surface area contributed by atoms with E-state index in [1.165, 1.54) is 12.1 Å². The molecule has 0 saturated carbocycles. The van der Waals surface area contributed by atoms with Gasteiger partial charge >= 0.3 is 0 Å². The fourth-order valence-electron chi connectivity index (χ4n) is 2.25. The van der Waals surface area contributed by atoms with E-state index in [2.05, 4.69) is 6.92 Å². The number of piperidine rings is 1. The second-order valence-corrected chi connectivity index (χ2v) is 4.74. The van der Waals surface area contributed by atoms with E-state index in [-0.39, 0.29) is 10.6 Å². The fourth-order valence-corrected chi connectivity index (χ4v) is 2.25. The second kappa shape index (κ2) is 5.05. The first-order valence-electron chi connectivity index (χ1n) is 6.05. The lowest BCUT2D eigenvalue weighted by Crippen LogP contribution is -2.33. The van der Waals surface area contributed by atoms with Gasteiger partial charge in [-0.1, -0.05) is 6.92 Å². The predicted molar refractivity (Wildman–Crippen MR) is 68.4 cm³/mol. The summed E-state index contributed by atoms with van der Waals surface area (Å²) in [6, 6.07) is 6.57. The maximum absolute atomic E-state index is 11.0. The number of nitriles is 1. The smallest absolute Gasteiger partial charge is 0.292 e. The van der Waals surface area contributed by atoms with Gasteiger partial charge in [-0.15, -0.1) is 0 Å². The Morgan fingerprint density at radius 2 is 2.11 bits per heavy atom. The highest BCUT2D eigenvalue weighted by Crippen LogP contribution is 2.32. The monoisotopic (exact) mass is 245 g/mol. The molecule has 94 valence electrons. The van der Waals surface area contributed by atoms with E-state index < -0.39 is 0 Å². The number of rotatable bonds is 2. The molecule has 0 atom stereocenters. The molecule has 1 aliphatic heterocycles. The Labute approximate surface area is 106 Å². The third-order valence-corrected chi connectivity index (χ3v) is 3.43. The van der Waals surface area contributed by atoms with Crippen molar-refractivity contribution in [2.75, 3.05) is 18.0 Å². The maximum Gasteiger partial charge on any atom is 0.292 e. The molecule has 0 N–H and O–H groups in total. The summed E-state index contributed by atoms with van der Waals surface area (Å²) in [7, 11) is 0. The topological polar surface area (TPSA) is 70.2 Å². The predicted octanol–water partition coefficient (Wildman–Crippen LogP) is 2.70. The molecular weight excluding hydrogens is 230 g/mol. The van der Waals surface area contributed by atoms with Crippen LogP contribution >= 0.6 is 0 Å². The summed E-state index contributed by atoms with van der Waals surface area (Å²) < 4.78 is 0. The second-order valence-electron chi connectivity index (χ2n) is 4.74. The minimum Gasteiger partial charge on any atom is -0.366 e. The minimum absolute atomic E-state index is 0.0866. The molecule has 1 heterocycles. The van der Waals surface area contributed by atoms with E-state index in [1.807, 2.05) is 11.0 Å². The first-order chi connectivity index (χ1) is 8.61. The Balaban J connectivity index is 2.35. The molecule has 2 rings (SSSR count). The third kappa shape index (κ3) is 2.43. The van der Waals surface area contributed by atoms with Crippen molar-refractivity contribution >= 4 is 11.4 Å². The highest BCUT2D eigenvalue weighted by Gasteiger charge is 2.23. The molecule has 1 fully saturated rings. The van der Waals surface area contributed by atoms with Crippen LogP contribution in [0.3, 0.4) is 0 Å². The van der Waals surface area contributed by atoms with E-state index in [1.54, 1.807) is 6.07 Å². The molecule has 1 aromatic carbocycles. The Morgan fingerprint density at radius 1 is 1.44 bits per heavy atom. The van der Waals surface area contributed by atoms with Gasteiger partial charge in [-0.2, -0.15) is 5.26 Å². The molecule has 0 radical (unpaired) electrons. The lowest BCUT2D eigenvalue weighted by Gasteiger charge is -2.31. The molecule has 1 aromatic rings. The van der Waals surface area contributed by atoms with Crippen molar-refractivity contribution in [1.82, 2.24) is 0 Å². The number of anilines is 1. The van der Waals surface area contributed by atoms with Crippen molar-refractivity contribution in [3.05, 3.63) is 33.9 Å². The summed E-state index contributed by atoms with van der Waals surface area (Å²) in [4.78, 5) is 12.7. The molecule has 18 heavy (non-hydrogen) atoms. The number of nitro groups is 1. The molecule has 5 nitrogen and oxygen atoms in total. The number of hydrogen-bond donors (Lipinski definition) is 0. The van der Waals surface area contributed by atoms with Gasteiger partial charge in [-0.05, 0) is 30.9 Å². The summed E-state index contributed by atoms with van der Waals surface area (Å²) in [5, 5.41) is 19.9. The van der Waals surface area contributed by atoms with Crippen LogP contribution in [0.2, 0.25) is 0 Å². The van der Waals surface area contributed by atoms with Gasteiger partial charge in [-0.3, -0.25) is 10.1 Å². The van der Waals surface area contributed by atoms with Gasteiger partial charge < -0.3 is 4.90 Å². The van der Waals surface area contributed by atoms with Crippen molar-refractivity contribution in [1.29, 1.82) is 5.26 Å². The molecular formula is C13H15N3O2. The molecule has 1 aliphatic rings. The lowest BCUT2D eigenvalue weighted by molar-refractivity contribution is -0.384. The zero-order valence-electron chi connectivity index (χ0n) is 10.3. The molecule has 5 heteroatoms. The van der Waals surface area contributed by atoms with Crippen LogP contribution in [-0.2, 0) is 0 Å². The summed E-state index contributed by atoms with van der Waals surface area (Å²) in [6.45, 7) is 3.82. The van der Waals surface area contributed by atoms with Crippen LogP contribution in [0.1, 0.15) is 25.3 Å². The number of benzene rings is 1. The maximum atomic E-state index is 11.0. The first-order valence-corrected chi connectivity index (χ1v) is 6.05. The molecule has 0 unspecified atom stereocenters. The Bertz CT molecular complexity index is 499. The van der Waals surface area contributed by atoms with Crippen molar-refractivity contribution in [3.8, 4) is 6.07 Å². The zero-order chi connectivity index (χ0) is 13.1. The average molecular weight is 245 g/mol. The van der Waals surface area contributed by atoms with Gasteiger partial charge in [0, 0.05) is 19.2 Å². The van der Waals surface area contributed by atoms with Crippen molar-refractivity contribution in [2.45, 2.75) is 19.8 Å². The third-order valence-electron chi connectivity index (χ3n) is 3.43. The van der Waals surface area contributed by atoms with Crippen LogP contribution in [0, 0.1) is 27.4 Å². The lowest BCUT2D eigenvalue weighted by atomic mass is 9.98. The largest absolute Gasteiger partial charge is 0.366 e. The quantitative estimate of drug-likeness (QED) is 0.593. The van der Waals surface area contributed by atoms with Gasteiger partial charge in [0.2, 0.25) is 0 Å². The van der Waals surface area contributed by atoms with E-state index >= 15 is 0 Å². The minimum atomic E-state index is -0.380. The van der Waals surface area contributed by atoms with Crippen LogP contribution in [0.15, 0.2) is 18.2 Å². The molecule has 0 aromatic heterocycles. The zero-order valence-corrected chi connectivity index (χ0v) is 10.3. The highest BCUT2D eigenvalue weighted by atomic mass is 16.6. The first kappa shape index (κ1) is 12.4. The Hall–Kier alpha value is -2.09. The summed E-state index contributed by atoms with van der Waals surface area (Å²) >= 11 is 0. The van der Waals surface area contributed by atoms with E-state index in [9.17, 15) is 10.1 Å². The van der Waals surface area contributed by atoms with Crippen molar-refractivity contribution in [2.24, 2.45) is 5.92 Å². The fraction of sp³-hybridized carbons (Fsp3) is 0.462. The van der Waals surface area contributed by atoms with Gasteiger partial charge in [0.05, 0.1) is 16.6 Å². The van der Waals surface area contributed by atoms with Crippen LogP contribution in [0.4, 0.5) is 11.4 Å². The van der Waals surface area contributed by atoms with Gasteiger partial charge in [0.1, 0.15) is 5.69 Å². The molecule has 0 aliphatic carbocycles. The Morgan fingerprint density at radius 3 is 2.67 bits per heavy atom. The van der Waals surface area contributed by atoms with E-state index in [0.29, 0.717) is 17.2 Å². The van der Waals surface area contributed by atoms with Gasteiger partial charge in [0.15, 0.2) is 0 Å². The average Bonchev–Trinajstić information content (AvgIpc) is 2.38. The van der Waals surface area contributed by atoms with Crippen LogP contribution in [0.25, 0.3) is 0 Å². The highest BCUT2D eigenvalue weighted by molar-refractivity contribution is 5.66. The van der Waals surface area contributed by atoms with Gasteiger partial charge in [0.25, 0.3) is 5.69 Å². The Kier molecular flexibility index (Phi) is 3.47. The molecule has 0 spiro atoms. The summed E-state index contributed by atoms with van der Waals surface area (Å²) in [6.07, 6.45) is 2.07. The molecule has 1 saturated heterocycles.